The van der Waals surface area contributed by atoms with Gasteiger partial charge < -0.3 is 9.88 Å². The van der Waals surface area contributed by atoms with Crippen molar-refractivity contribution in [2.45, 2.75) is 20.3 Å². The van der Waals surface area contributed by atoms with Crippen LogP contribution in [0.1, 0.15) is 30.6 Å². The van der Waals surface area contributed by atoms with Crippen molar-refractivity contribution >= 4 is 22.6 Å². The molecule has 1 aromatic carbocycles. The highest BCUT2D eigenvalue weighted by Crippen LogP contribution is 2.20. The van der Waals surface area contributed by atoms with Crippen LogP contribution in [0.4, 0.5) is 0 Å². The summed E-state index contributed by atoms with van der Waals surface area (Å²) < 4.78 is 1.87. The van der Waals surface area contributed by atoms with Crippen molar-refractivity contribution in [3.63, 3.8) is 0 Å². The van der Waals surface area contributed by atoms with E-state index in [-0.39, 0.29) is 0 Å². The van der Waals surface area contributed by atoms with Gasteiger partial charge in [-0.3, -0.25) is 9.59 Å². The maximum atomic E-state index is 12.2. The highest BCUT2D eigenvalue weighted by atomic mass is 16.2. The molecule has 0 radical (unpaired) electrons. The molecule has 0 aliphatic carbocycles. The molecule has 4 nitrogen and oxygen atoms in total. The third kappa shape index (κ3) is 2.90. The van der Waals surface area contributed by atoms with E-state index < -0.39 is 11.7 Å². The highest BCUT2D eigenvalue weighted by Gasteiger charge is 2.20. The number of amides is 1. The normalized spacial score (nSPS) is 11.0. The van der Waals surface area contributed by atoms with Crippen LogP contribution in [-0.4, -0.2) is 22.8 Å². The molecule has 4 heteroatoms. The minimum Gasteiger partial charge on any atom is -0.350 e. The molecule has 106 valence electrons. The van der Waals surface area contributed by atoms with Crippen molar-refractivity contribution in [2.24, 2.45) is 13.0 Å². The zero-order valence-corrected chi connectivity index (χ0v) is 12.1. The minimum atomic E-state index is -0.526. The standard InChI is InChI=1S/C16H20N2O2/c1-11(2)8-9-17-16(20)15(19)13-10-18(3)14-7-5-4-6-12(13)14/h4-7,10-11H,8-9H2,1-3H3,(H,17,20). The number of rotatable bonds is 5. The van der Waals surface area contributed by atoms with Crippen LogP contribution in [0.15, 0.2) is 30.5 Å². The van der Waals surface area contributed by atoms with Crippen molar-refractivity contribution in [3.8, 4) is 0 Å². The number of aromatic nitrogens is 1. The fourth-order valence-electron chi connectivity index (χ4n) is 2.20. The monoisotopic (exact) mass is 272 g/mol. The van der Waals surface area contributed by atoms with Crippen molar-refractivity contribution in [1.82, 2.24) is 9.88 Å². The van der Waals surface area contributed by atoms with Gasteiger partial charge in [0.1, 0.15) is 0 Å². The van der Waals surface area contributed by atoms with Gasteiger partial charge in [-0.15, -0.1) is 0 Å². The second-order valence-electron chi connectivity index (χ2n) is 5.44. The van der Waals surface area contributed by atoms with Crippen molar-refractivity contribution < 1.29 is 9.59 Å². The molecule has 0 aliphatic rings. The van der Waals surface area contributed by atoms with Gasteiger partial charge in [0.15, 0.2) is 0 Å². The molecule has 0 saturated heterocycles. The first kappa shape index (κ1) is 14.3. The summed E-state index contributed by atoms with van der Waals surface area (Å²) in [4.78, 5) is 24.1. The SMILES string of the molecule is CC(C)CCNC(=O)C(=O)c1cn(C)c2ccccc12. The number of benzene rings is 1. The lowest BCUT2D eigenvalue weighted by molar-refractivity contribution is -0.117. The first-order valence-electron chi connectivity index (χ1n) is 6.87. The predicted octanol–water partition coefficient (Wildman–Crippen LogP) is 2.52. The Morgan fingerprint density at radius 1 is 1.25 bits per heavy atom. The summed E-state index contributed by atoms with van der Waals surface area (Å²) in [5.74, 6) is -0.490. The van der Waals surface area contributed by atoms with Gasteiger partial charge >= 0.3 is 0 Å². The van der Waals surface area contributed by atoms with Crippen LogP contribution in [0, 0.1) is 5.92 Å². The summed E-state index contributed by atoms with van der Waals surface area (Å²) in [6.45, 7) is 4.70. The fraction of sp³-hybridized carbons (Fsp3) is 0.375. The van der Waals surface area contributed by atoms with Gasteiger partial charge in [0.05, 0.1) is 5.56 Å². The average Bonchev–Trinajstić information content (AvgIpc) is 2.75. The summed E-state index contributed by atoms with van der Waals surface area (Å²) in [5.41, 5.74) is 1.41. The Labute approximate surface area is 118 Å². The molecule has 1 amide bonds. The first-order chi connectivity index (χ1) is 9.50. The van der Waals surface area contributed by atoms with Gasteiger partial charge in [-0.25, -0.2) is 0 Å². The smallest absolute Gasteiger partial charge is 0.292 e. The molecular formula is C16H20N2O2. The summed E-state index contributed by atoms with van der Waals surface area (Å²) in [6, 6.07) is 7.59. The van der Waals surface area contributed by atoms with Gasteiger partial charge in [-0.2, -0.15) is 0 Å². The number of hydrogen-bond acceptors (Lipinski definition) is 2. The number of hydrogen-bond donors (Lipinski definition) is 1. The molecule has 1 aromatic heterocycles. The molecule has 0 saturated carbocycles. The Morgan fingerprint density at radius 2 is 1.95 bits per heavy atom. The first-order valence-corrected chi connectivity index (χ1v) is 6.87. The van der Waals surface area contributed by atoms with Crippen LogP contribution in [0.2, 0.25) is 0 Å². The van der Waals surface area contributed by atoms with E-state index in [1.54, 1.807) is 6.20 Å². The van der Waals surface area contributed by atoms with Gasteiger partial charge in [0.2, 0.25) is 0 Å². The van der Waals surface area contributed by atoms with Crippen LogP contribution in [0.25, 0.3) is 10.9 Å². The Balaban J connectivity index is 2.17. The summed E-state index contributed by atoms with van der Waals surface area (Å²) >= 11 is 0. The summed E-state index contributed by atoms with van der Waals surface area (Å²) in [6.07, 6.45) is 2.59. The number of fused-ring (bicyclic) bond motifs is 1. The second kappa shape index (κ2) is 5.90. The number of nitrogens with one attached hydrogen (secondary N) is 1. The summed E-state index contributed by atoms with van der Waals surface area (Å²) in [5, 5.41) is 3.51. The van der Waals surface area contributed by atoms with Gasteiger partial charge in [0, 0.05) is 30.7 Å². The van der Waals surface area contributed by atoms with Gasteiger partial charge in [-0.1, -0.05) is 32.0 Å². The fourth-order valence-corrected chi connectivity index (χ4v) is 2.20. The van der Waals surface area contributed by atoms with E-state index >= 15 is 0 Å². The van der Waals surface area contributed by atoms with Crippen molar-refractivity contribution in [1.29, 1.82) is 0 Å². The second-order valence-corrected chi connectivity index (χ2v) is 5.44. The van der Waals surface area contributed by atoms with Crippen LogP contribution in [0.3, 0.4) is 0 Å². The lowest BCUT2D eigenvalue weighted by Gasteiger charge is -2.06. The molecule has 1 N–H and O–H groups in total. The zero-order chi connectivity index (χ0) is 14.7. The molecule has 2 rings (SSSR count). The lowest BCUT2D eigenvalue weighted by Crippen LogP contribution is -2.32. The minimum absolute atomic E-state index is 0.463. The maximum Gasteiger partial charge on any atom is 0.292 e. The van der Waals surface area contributed by atoms with Crippen LogP contribution < -0.4 is 5.32 Å². The Morgan fingerprint density at radius 3 is 2.65 bits per heavy atom. The molecule has 0 spiro atoms. The molecule has 0 atom stereocenters. The number of ketones is 1. The summed E-state index contributed by atoms with van der Waals surface area (Å²) in [7, 11) is 1.87. The largest absolute Gasteiger partial charge is 0.350 e. The molecule has 0 fully saturated rings. The third-order valence-corrected chi connectivity index (χ3v) is 3.36. The molecule has 0 bridgehead atoms. The number of Topliss-reactive ketones (excluding diaryl/α,β-unsaturated/α-hetero) is 1. The van der Waals surface area contributed by atoms with E-state index in [0.717, 1.165) is 17.3 Å². The number of carbonyl (C=O) groups is 2. The predicted molar refractivity (Wildman–Crippen MR) is 79.7 cm³/mol. The maximum absolute atomic E-state index is 12.2. The van der Waals surface area contributed by atoms with E-state index in [2.05, 4.69) is 19.2 Å². The molecular weight excluding hydrogens is 252 g/mol. The van der Waals surface area contributed by atoms with Crippen LogP contribution in [-0.2, 0) is 11.8 Å². The Hall–Kier alpha value is -2.10. The average molecular weight is 272 g/mol. The van der Waals surface area contributed by atoms with Crippen molar-refractivity contribution in [3.05, 3.63) is 36.0 Å². The number of aryl methyl sites for hydroxylation is 1. The van der Waals surface area contributed by atoms with E-state index in [0.29, 0.717) is 18.0 Å². The van der Waals surface area contributed by atoms with E-state index in [9.17, 15) is 9.59 Å². The molecule has 0 aliphatic heterocycles. The lowest BCUT2D eigenvalue weighted by atomic mass is 10.1. The third-order valence-electron chi connectivity index (χ3n) is 3.36. The number of nitrogens with zero attached hydrogens (tertiary/aromatic N) is 1. The van der Waals surface area contributed by atoms with E-state index in [1.807, 2.05) is 35.9 Å². The molecule has 1 heterocycles. The van der Waals surface area contributed by atoms with Gasteiger partial charge in [-0.05, 0) is 18.4 Å². The Bertz CT molecular complexity index is 641. The molecule has 0 unspecified atom stereocenters. The number of para-hydroxylation sites is 1. The topological polar surface area (TPSA) is 51.1 Å². The zero-order valence-electron chi connectivity index (χ0n) is 12.1. The van der Waals surface area contributed by atoms with E-state index in [4.69, 9.17) is 0 Å². The molecule has 20 heavy (non-hydrogen) atoms. The van der Waals surface area contributed by atoms with E-state index in [1.165, 1.54) is 0 Å². The van der Waals surface area contributed by atoms with Crippen LogP contribution in [0.5, 0.6) is 0 Å². The Kier molecular flexibility index (Phi) is 4.23. The van der Waals surface area contributed by atoms with Crippen LogP contribution >= 0.6 is 0 Å². The quantitative estimate of drug-likeness (QED) is 0.671. The van der Waals surface area contributed by atoms with Crippen molar-refractivity contribution in [2.75, 3.05) is 6.54 Å². The van der Waals surface area contributed by atoms with Gasteiger partial charge in [0.25, 0.3) is 11.7 Å². The highest BCUT2D eigenvalue weighted by molar-refractivity contribution is 6.45. The molecule has 2 aromatic rings. The number of carbonyl (C=O) groups excluding carboxylic acids is 2.